The van der Waals surface area contributed by atoms with Gasteiger partial charge in [-0.3, -0.25) is 0 Å². The zero-order valence-corrected chi connectivity index (χ0v) is 33.5. The number of ether oxygens (including phenoxy) is 2. The van der Waals surface area contributed by atoms with E-state index in [9.17, 15) is 0 Å². The van der Waals surface area contributed by atoms with Gasteiger partial charge in [-0.15, -0.1) is 6.42 Å². The summed E-state index contributed by atoms with van der Waals surface area (Å²) in [5.74, 6) is 4.16. The van der Waals surface area contributed by atoms with Crippen LogP contribution in [0.25, 0.3) is 0 Å². The van der Waals surface area contributed by atoms with E-state index in [0.29, 0.717) is 6.61 Å². The molecule has 0 unspecified atom stereocenters. The van der Waals surface area contributed by atoms with Gasteiger partial charge in [-0.05, 0) is 98.0 Å². The van der Waals surface area contributed by atoms with Crippen molar-refractivity contribution in [2.75, 3.05) is 19.8 Å². The summed E-state index contributed by atoms with van der Waals surface area (Å²) in [7, 11) is 0. The van der Waals surface area contributed by atoms with E-state index in [4.69, 9.17) is 15.9 Å². The van der Waals surface area contributed by atoms with Gasteiger partial charge in [0.2, 0.25) is 0 Å². The lowest BCUT2D eigenvalue weighted by Crippen LogP contribution is -2.31. The lowest BCUT2D eigenvalue weighted by Gasteiger charge is -2.38. The second-order valence-electron chi connectivity index (χ2n) is 17.3. The van der Waals surface area contributed by atoms with Gasteiger partial charge in [0.1, 0.15) is 18.1 Å². The van der Waals surface area contributed by atoms with Crippen molar-refractivity contribution in [3.63, 3.8) is 0 Å². The molecule has 53 heavy (non-hydrogen) atoms. The van der Waals surface area contributed by atoms with Gasteiger partial charge in [-0.1, -0.05) is 165 Å². The molecule has 0 aromatic heterocycles. The molecule has 0 amide bonds. The maximum atomic E-state index is 6.28. The van der Waals surface area contributed by atoms with Gasteiger partial charge in [0.15, 0.2) is 0 Å². The van der Waals surface area contributed by atoms with Crippen LogP contribution >= 0.6 is 0 Å². The van der Waals surface area contributed by atoms with Crippen LogP contribution in [0.2, 0.25) is 0 Å². The van der Waals surface area contributed by atoms with Crippen molar-refractivity contribution in [1.82, 2.24) is 5.32 Å². The molecule has 3 heteroatoms. The minimum absolute atomic E-state index is 0.0575. The van der Waals surface area contributed by atoms with Crippen molar-refractivity contribution in [3.05, 3.63) is 166 Å². The first-order valence-electron chi connectivity index (χ1n) is 19.0. The number of rotatable bonds is 13. The first-order valence-corrected chi connectivity index (χ1v) is 19.0. The molecule has 1 N–H and O–H groups in total. The minimum atomic E-state index is -0.544. The maximum Gasteiger partial charge on any atom is 0.148 e. The monoisotopic (exact) mass is 705 g/mol. The minimum Gasteiger partial charge on any atom is -0.494 e. The molecule has 5 aromatic rings. The molecule has 0 heterocycles. The first-order chi connectivity index (χ1) is 25.1. The van der Waals surface area contributed by atoms with Gasteiger partial charge < -0.3 is 14.8 Å². The number of terminal acetylenes is 1. The van der Waals surface area contributed by atoms with Crippen LogP contribution in [0.15, 0.2) is 121 Å². The molecule has 0 radical (unpaired) electrons. The average molecular weight is 706 g/mol. The van der Waals surface area contributed by atoms with E-state index in [-0.39, 0.29) is 22.9 Å². The Labute approximate surface area is 320 Å². The van der Waals surface area contributed by atoms with E-state index in [1.807, 2.05) is 12.1 Å². The third-order valence-electron chi connectivity index (χ3n) is 10.2. The molecule has 276 valence electrons. The fraction of sp³-hybridized carbons (Fsp3) is 0.360. The fourth-order valence-corrected chi connectivity index (χ4v) is 6.91. The van der Waals surface area contributed by atoms with Gasteiger partial charge in [0, 0.05) is 6.54 Å². The lowest BCUT2D eigenvalue weighted by molar-refractivity contribution is 0.308. The van der Waals surface area contributed by atoms with Crippen molar-refractivity contribution in [3.8, 4) is 23.8 Å². The standard InChI is InChI=1S/C50H59NO2/c1-11-34-52-45-29-13-37(14-30-45)36-51-33-12-35-53-46-31-27-44(28-32-46)50(41-21-15-38(16-22-41)47(2,3)4,42-23-17-39(18-24-42)48(5,6)7)43-25-19-40(20-26-43)49(8,9)10/h1,13-32,51H,12,33-36H2,2-10H3. The molecular weight excluding hydrogens is 647 g/mol. The van der Waals surface area contributed by atoms with Crippen molar-refractivity contribution < 1.29 is 9.47 Å². The smallest absolute Gasteiger partial charge is 0.148 e. The van der Waals surface area contributed by atoms with E-state index in [0.717, 1.165) is 31.0 Å². The molecular formula is C50H59NO2. The molecule has 0 spiro atoms. The van der Waals surface area contributed by atoms with E-state index in [1.54, 1.807) is 0 Å². The summed E-state index contributed by atoms with van der Waals surface area (Å²) in [5.41, 5.74) is 9.73. The molecule has 0 aliphatic rings. The highest BCUT2D eigenvalue weighted by Gasteiger charge is 2.39. The van der Waals surface area contributed by atoms with Crippen LogP contribution < -0.4 is 14.8 Å². The van der Waals surface area contributed by atoms with Crippen molar-refractivity contribution in [2.45, 2.75) is 96.9 Å². The van der Waals surface area contributed by atoms with Crippen LogP contribution in [-0.2, 0) is 28.2 Å². The Hall–Kier alpha value is -4.78. The highest BCUT2D eigenvalue weighted by atomic mass is 16.5. The zero-order valence-electron chi connectivity index (χ0n) is 33.5. The Morgan fingerprint density at radius 3 is 1.19 bits per heavy atom. The Bertz CT molecular complexity index is 1790. The van der Waals surface area contributed by atoms with Crippen LogP contribution in [0.5, 0.6) is 11.5 Å². The SMILES string of the molecule is C#CCOc1ccc(CNCCCOc2ccc(C(c3ccc(C(C)(C)C)cc3)(c3ccc(C(C)(C)C)cc3)c3ccc(C(C)(C)C)cc3)cc2)cc1. The molecule has 5 aromatic carbocycles. The topological polar surface area (TPSA) is 30.5 Å². The molecule has 3 nitrogen and oxygen atoms in total. The third kappa shape index (κ3) is 9.61. The van der Waals surface area contributed by atoms with E-state index < -0.39 is 5.41 Å². The molecule has 0 fully saturated rings. The summed E-state index contributed by atoms with van der Waals surface area (Å²) >= 11 is 0. The number of hydrogen-bond donors (Lipinski definition) is 1. The number of benzene rings is 5. The Kier molecular flexibility index (Phi) is 12.3. The lowest BCUT2D eigenvalue weighted by atomic mass is 9.64. The molecule has 0 aliphatic carbocycles. The summed E-state index contributed by atoms with van der Waals surface area (Å²) in [6.45, 7) is 23.0. The van der Waals surface area contributed by atoms with E-state index in [2.05, 4.69) is 183 Å². The normalized spacial score (nSPS) is 12.3. The average Bonchev–Trinajstić information content (AvgIpc) is 3.13. The Morgan fingerprint density at radius 2 is 0.811 bits per heavy atom. The van der Waals surface area contributed by atoms with Crippen LogP contribution in [0, 0.1) is 12.3 Å². The molecule has 0 atom stereocenters. The van der Waals surface area contributed by atoms with Gasteiger partial charge >= 0.3 is 0 Å². The number of nitrogens with one attached hydrogen (secondary N) is 1. The van der Waals surface area contributed by atoms with Gasteiger partial charge in [-0.2, -0.15) is 0 Å². The van der Waals surface area contributed by atoms with Crippen LogP contribution in [0.1, 0.15) is 113 Å². The van der Waals surface area contributed by atoms with Gasteiger partial charge in [0.05, 0.1) is 12.0 Å². The summed E-state index contributed by atoms with van der Waals surface area (Å²) in [5, 5.41) is 3.52. The predicted molar refractivity (Wildman–Crippen MR) is 223 cm³/mol. The van der Waals surface area contributed by atoms with Crippen molar-refractivity contribution in [1.29, 1.82) is 0 Å². The Morgan fingerprint density at radius 1 is 0.472 bits per heavy atom. The quantitative estimate of drug-likeness (QED) is 0.0751. The molecule has 0 saturated carbocycles. The second-order valence-corrected chi connectivity index (χ2v) is 17.3. The Balaban J connectivity index is 1.44. The third-order valence-corrected chi connectivity index (χ3v) is 10.2. The van der Waals surface area contributed by atoms with Crippen LogP contribution in [0.3, 0.4) is 0 Å². The summed E-state index contributed by atoms with van der Waals surface area (Å²) < 4.78 is 11.8. The largest absolute Gasteiger partial charge is 0.494 e. The summed E-state index contributed by atoms with van der Waals surface area (Å²) in [4.78, 5) is 0. The summed E-state index contributed by atoms with van der Waals surface area (Å²) in [6, 6.07) is 44.8. The zero-order chi connectivity index (χ0) is 38.3. The van der Waals surface area contributed by atoms with Gasteiger partial charge in [0.25, 0.3) is 0 Å². The second kappa shape index (κ2) is 16.5. The fourth-order valence-electron chi connectivity index (χ4n) is 6.91. The first kappa shape index (κ1) is 39.4. The molecule has 5 rings (SSSR count). The molecule has 0 bridgehead atoms. The van der Waals surface area contributed by atoms with Crippen molar-refractivity contribution >= 4 is 0 Å². The van der Waals surface area contributed by atoms with Crippen molar-refractivity contribution in [2.24, 2.45) is 0 Å². The molecule has 0 saturated heterocycles. The summed E-state index contributed by atoms with van der Waals surface area (Å²) in [6.07, 6.45) is 6.19. The van der Waals surface area contributed by atoms with Crippen LogP contribution in [-0.4, -0.2) is 19.8 Å². The molecule has 0 aliphatic heterocycles. The number of hydrogen-bond acceptors (Lipinski definition) is 3. The van der Waals surface area contributed by atoms with Gasteiger partial charge in [-0.25, -0.2) is 0 Å². The predicted octanol–water partition coefficient (Wildman–Crippen LogP) is 11.5. The van der Waals surface area contributed by atoms with E-state index >= 15 is 0 Å². The van der Waals surface area contributed by atoms with E-state index in [1.165, 1.54) is 44.5 Å². The maximum absolute atomic E-state index is 6.28. The highest BCUT2D eigenvalue weighted by molar-refractivity contribution is 5.61. The van der Waals surface area contributed by atoms with Crippen LogP contribution in [0.4, 0.5) is 0 Å². The highest BCUT2D eigenvalue weighted by Crippen LogP contribution is 2.47.